The van der Waals surface area contributed by atoms with Crippen LogP contribution in [-0.4, -0.2) is 41.0 Å². The Bertz CT molecular complexity index is 546. The Kier molecular flexibility index (Phi) is 4.43. The minimum Gasteiger partial charge on any atom is -0.326 e. The van der Waals surface area contributed by atoms with Crippen LogP contribution in [0.1, 0.15) is 44.2 Å². The van der Waals surface area contributed by atoms with E-state index in [-0.39, 0.29) is 18.0 Å². The monoisotopic (exact) mass is 301 g/mol. The first-order chi connectivity index (χ1) is 10.7. The molecule has 1 aromatic carbocycles. The lowest BCUT2D eigenvalue weighted by Crippen LogP contribution is -2.41. The number of nitrogens with zero attached hydrogens (tertiary/aromatic N) is 2. The quantitative estimate of drug-likeness (QED) is 0.850. The molecule has 0 bridgehead atoms. The zero-order chi connectivity index (χ0) is 15.5. The minimum absolute atomic E-state index is 0.0782. The van der Waals surface area contributed by atoms with Gasteiger partial charge in [0.05, 0.1) is 6.67 Å². The van der Waals surface area contributed by atoms with Crippen LogP contribution in [0.3, 0.4) is 0 Å². The average molecular weight is 301 g/mol. The van der Waals surface area contributed by atoms with Gasteiger partial charge in [0.1, 0.15) is 6.04 Å². The van der Waals surface area contributed by atoms with Crippen molar-refractivity contribution in [2.24, 2.45) is 0 Å². The van der Waals surface area contributed by atoms with Gasteiger partial charge in [-0.1, -0.05) is 43.7 Å². The van der Waals surface area contributed by atoms with Crippen LogP contribution in [0.2, 0.25) is 0 Å². The highest BCUT2D eigenvalue weighted by atomic mass is 16.2. The summed E-state index contributed by atoms with van der Waals surface area (Å²) in [6.07, 6.45) is 3.78. The summed E-state index contributed by atoms with van der Waals surface area (Å²) >= 11 is 0. The Morgan fingerprint density at radius 2 is 2.00 bits per heavy atom. The van der Waals surface area contributed by atoms with Crippen molar-refractivity contribution in [1.82, 2.24) is 15.1 Å². The van der Waals surface area contributed by atoms with Crippen molar-refractivity contribution in [2.75, 3.05) is 13.2 Å². The van der Waals surface area contributed by atoms with Gasteiger partial charge in [-0.25, -0.2) is 9.69 Å². The van der Waals surface area contributed by atoms with E-state index >= 15 is 0 Å². The molecule has 118 valence electrons. The van der Waals surface area contributed by atoms with Crippen molar-refractivity contribution >= 4 is 11.9 Å². The summed E-state index contributed by atoms with van der Waals surface area (Å²) < 4.78 is 0. The van der Waals surface area contributed by atoms with Crippen LogP contribution in [-0.2, 0) is 4.79 Å². The molecule has 0 spiro atoms. The number of benzene rings is 1. The van der Waals surface area contributed by atoms with Crippen LogP contribution in [0, 0.1) is 0 Å². The van der Waals surface area contributed by atoms with E-state index in [9.17, 15) is 9.59 Å². The van der Waals surface area contributed by atoms with Gasteiger partial charge in [-0.05, 0) is 24.8 Å². The highest BCUT2D eigenvalue weighted by Gasteiger charge is 2.39. The van der Waals surface area contributed by atoms with E-state index in [0.717, 1.165) is 25.8 Å². The second-order valence-electron chi connectivity index (χ2n) is 6.08. The van der Waals surface area contributed by atoms with E-state index in [1.54, 1.807) is 0 Å². The number of nitrogens with one attached hydrogen (secondary N) is 1. The van der Waals surface area contributed by atoms with Gasteiger partial charge in [-0.2, -0.15) is 0 Å². The zero-order valence-electron chi connectivity index (χ0n) is 13.0. The Hall–Kier alpha value is -1.88. The van der Waals surface area contributed by atoms with Gasteiger partial charge < -0.3 is 5.32 Å². The molecule has 5 heteroatoms. The molecule has 1 aromatic rings. The van der Waals surface area contributed by atoms with Crippen LogP contribution < -0.4 is 5.32 Å². The van der Waals surface area contributed by atoms with E-state index in [2.05, 4.69) is 22.3 Å². The molecule has 1 N–H and O–H groups in total. The Morgan fingerprint density at radius 1 is 1.23 bits per heavy atom. The first kappa shape index (κ1) is 15.0. The molecule has 0 aliphatic carbocycles. The lowest BCUT2D eigenvalue weighted by Gasteiger charge is -2.28. The molecular weight excluding hydrogens is 278 g/mol. The molecular formula is C17H23N3O2. The van der Waals surface area contributed by atoms with Gasteiger partial charge in [0.15, 0.2) is 0 Å². The first-order valence-electron chi connectivity index (χ1n) is 8.11. The highest BCUT2D eigenvalue weighted by molar-refractivity contribution is 6.04. The molecule has 0 unspecified atom stereocenters. The normalized spacial score (nSPS) is 25.8. The summed E-state index contributed by atoms with van der Waals surface area (Å²) in [5.74, 6) is -0.0782. The van der Waals surface area contributed by atoms with E-state index < -0.39 is 0 Å². The number of carbonyl (C=O) groups is 2. The number of hydrogen-bond donors (Lipinski definition) is 1. The molecule has 3 rings (SSSR count). The molecule has 2 aliphatic heterocycles. The lowest BCUT2D eigenvalue weighted by molar-refractivity contribution is -0.129. The molecule has 2 atom stereocenters. The number of hydrogen-bond acceptors (Lipinski definition) is 3. The summed E-state index contributed by atoms with van der Waals surface area (Å²) in [5.41, 5.74) is 1.26. The van der Waals surface area contributed by atoms with Crippen LogP contribution >= 0.6 is 0 Å². The number of likely N-dealkylation sites (tertiary alicyclic amines) is 1. The van der Waals surface area contributed by atoms with Crippen LogP contribution in [0.25, 0.3) is 0 Å². The zero-order valence-corrected chi connectivity index (χ0v) is 13.0. The fraction of sp³-hybridized carbons (Fsp3) is 0.529. The Balaban J connectivity index is 1.70. The topological polar surface area (TPSA) is 52.7 Å². The largest absolute Gasteiger partial charge is 0.326 e. The van der Waals surface area contributed by atoms with E-state index in [1.807, 2.05) is 25.1 Å². The van der Waals surface area contributed by atoms with Crippen molar-refractivity contribution in [2.45, 2.75) is 44.7 Å². The fourth-order valence-electron chi connectivity index (χ4n) is 3.42. The van der Waals surface area contributed by atoms with Crippen molar-refractivity contribution in [3.8, 4) is 0 Å². The molecule has 22 heavy (non-hydrogen) atoms. The summed E-state index contributed by atoms with van der Waals surface area (Å²) in [4.78, 5) is 28.0. The summed E-state index contributed by atoms with van der Waals surface area (Å²) in [5, 5.41) is 2.79. The second-order valence-corrected chi connectivity index (χ2v) is 6.08. The van der Waals surface area contributed by atoms with Crippen LogP contribution in [0.15, 0.2) is 30.3 Å². The molecule has 2 aliphatic rings. The van der Waals surface area contributed by atoms with Gasteiger partial charge in [0.25, 0.3) is 5.91 Å². The van der Waals surface area contributed by atoms with Crippen molar-refractivity contribution in [1.29, 1.82) is 0 Å². The maximum absolute atomic E-state index is 12.4. The lowest BCUT2D eigenvalue weighted by atomic mass is 10.1. The molecule has 0 radical (unpaired) electrons. The molecule has 3 amide bonds. The number of carbonyl (C=O) groups excluding carboxylic acids is 2. The van der Waals surface area contributed by atoms with Gasteiger partial charge in [-0.3, -0.25) is 9.69 Å². The predicted octanol–water partition coefficient (Wildman–Crippen LogP) is 2.50. The molecule has 2 fully saturated rings. The molecule has 2 saturated heterocycles. The molecule has 0 saturated carbocycles. The van der Waals surface area contributed by atoms with Crippen LogP contribution in [0.4, 0.5) is 4.79 Å². The number of rotatable bonds is 5. The Labute approximate surface area is 131 Å². The summed E-state index contributed by atoms with van der Waals surface area (Å²) in [7, 11) is 0. The Morgan fingerprint density at radius 3 is 2.73 bits per heavy atom. The SMILES string of the molecule is CCC[C@H]1NC(=O)N(CN2CCC[C@H]2c2ccccc2)C1=O. The van der Waals surface area contributed by atoms with Crippen molar-refractivity contribution < 1.29 is 9.59 Å². The standard InChI is InChI=1S/C17H23N3O2/c1-2-7-14-16(21)20(17(22)18-14)12-19-11-6-10-15(19)13-8-4-3-5-9-13/h3-5,8-9,14-15H,2,6-7,10-12H2,1H3,(H,18,22)/t14-,15+/m1/s1. The number of imide groups is 1. The smallest absolute Gasteiger partial charge is 0.325 e. The summed E-state index contributed by atoms with van der Waals surface area (Å²) in [6.45, 7) is 3.34. The first-order valence-corrected chi connectivity index (χ1v) is 8.11. The van der Waals surface area contributed by atoms with Crippen molar-refractivity contribution in [3.05, 3.63) is 35.9 Å². The molecule has 2 heterocycles. The van der Waals surface area contributed by atoms with E-state index in [1.165, 1.54) is 10.5 Å². The van der Waals surface area contributed by atoms with E-state index in [0.29, 0.717) is 19.1 Å². The van der Waals surface area contributed by atoms with Gasteiger partial charge >= 0.3 is 6.03 Å². The molecule has 0 aromatic heterocycles. The van der Waals surface area contributed by atoms with E-state index in [4.69, 9.17) is 0 Å². The minimum atomic E-state index is -0.338. The number of amides is 3. The summed E-state index contributed by atoms with van der Waals surface area (Å²) in [6, 6.07) is 10.0. The van der Waals surface area contributed by atoms with Crippen molar-refractivity contribution in [3.63, 3.8) is 0 Å². The van der Waals surface area contributed by atoms with Crippen LogP contribution in [0.5, 0.6) is 0 Å². The third-order valence-electron chi connectivity index (χ3n) is 4.56. The predicted molar refractivity (Wildman–Crippen MR) is 84.1 cm³/mol. The fourth-order valence-corrected chi connectivity index (χ4v) is 3.42. The third kappa shape index (κ3) is 2.86. The third-order valence-corrected chi connectivity index (χ3v) is 4.56. The average Bonchev–Trinajstić information content (AvgIpc) is 3.09. The van der Waals surface area contributed by atoms with Gasteiger partial charge in [0.2, 0.25) is 0 Å². The maximum Gasteiger partial charge on any atom is 0.325 e. The number of urea groups is 1. The van der Waals surface area contributed by atoms with Gasteiger partial charge in [0, 0.05) is 12.6 Å². The maximum atomic E-state index is 12.4. The molecule has 5 nitrogen and oxygen atoms in total. The van der Waals surface area contributed by atoms with Gasteiger partial charge in [-0.15, -0.1) is 0 Å². The highest BCUT2D eigenvalue weighted by Crippen LogP contribution is 2.32. The second kappa shape index (κ2) is 6.48.